The van der Waals surface area contributed by atoms with E-state index in [1.165, 1.54) is 10.9 Å². The van der Waals surface area contributed by atoms with Gasteiger partial charge in [-0.3, -0.25) is 9.78 Å². The van der Waals surface area contributed by atoms with E-state index in [0.29, 0.717) is 35.6 Å². The molecule has 3 N–H and O–H groups in total. The third-order valence-corrected chi connectivity index (χ3v) is 4.19. The average molecular weight is 350 g/mol. The maximum Gasteiger partial charge on any atom is 0.399 e. The molecule has 0 bridgehead atoms. The number of anilines is 1. The van der Waals surface area contributed by atoms with Crippen LogP contribution in [0.1, 0.15) is 15.9 Å². The summed E-state index contributed by atoms with van der Waals surface area (Å²) >= 11 is 0. The van der Waals surface area contributed by atoms with Gasteiger partial charge in [-0.25, -0.2) is 0 Å². The molecule has 26 heavy (non-hydrogen) atoms. The lowest BCUT2D eigenvalue weighted by Crippen LogP contribution is -2.31. The molecule has 0 spiro atoms. The van der Waals surface area contributed by atoms with Crippen LogP contribution in [0, 0.1) is 10.1 Å². The number of hydrogen-bond donors (Lipinski definition) is 2. The topological polar surface area (TPSA) is 129 Å². The molecule has 0 radical (unpaired) electrons. The molecule has 0 fully saturated rings. The average Bonchev–Trinajstić information content (AvgIpc) is 3.07. The zero-order valence-electron chi connectivity index (χ0n) is 13.5. The summed E-state index contributed by atoms with van der Waals surface area (Å²) in [7, 11) is 0. The number of pyridine rings is 1. The number of benzene rings is 1. The quantitative estimate of drug-likeness (QED) is 0.420. The van der Waals surface area contributed by atoms with Crippen LogP contribution in [0.2, 0.25) is 0 Å². The Labute approximate surface area is 147 Å². The van der Waals surface area contributed by atoms with Gasteiger partial charge in [0.15, 0.2) is 0 Å². The Hall–Kier alpha value is -3.75. The smallest absolute Gasteiger partial charge is 0.399 e. The Morgan fingerprint density at radius 1 is 1.27 bits per heavy atom. The summed E-state index contributed by atoms with van der Waals surface area (Å²) in [6.45, 7) is 0.528. The van der Waals surface area contributed by atoms with Crippen molar-refractivity contribution in [1.82, 2.24) is 20.1 Å². The van der Waals surface area contributed by atoms with Crippen molar-refractivity contribution in [2.45, 2.75) is 6.42 Å². The van der Waals surface area contributed by atoms with Crippen LogP contribution in [0.15, 0.2) is 42.7 Å². The largest absolute Gasteiger partial charge is 0.399 e. The predicted molar refractivity (Wildman–Crippen MR) is 93.9 cm³/mol. The number of fused-ring (bicyclic) bond motifs is 1. The second-order valence-electron chi connectivity index (χ2n) is 5.90. The number of nitrogens with one attached hydrogen (secondary N) is 1. The van der Waals surface area contributed by atoms with Crippen LogP contribution in [0.4, 0.5) is 11.5 Å². The van der Waals surface area contributed by atoms with Crippen LogP contribution in [0.25, 0.3) is 16.9 Å². The highest BCUT2D eigenvalue weighted by atomic mass is 16.6. The molecule has 1 aliphatic rings. The molecule has 1 aliphatic heterocycles. The van der Waals surface area contributed by atoms with Crippen LogP contribution < -0.4 is 11.1 Å². The third kappa shape index (κ3) is 2.65. The molecule has 130 valence electrons. The first-order chi connectivity index (χ1) is 12.5. The van der Waals surface area contributed by atoms with Gasteiger partial charge >= 0.3 is 5.82 Å². The molecule has 3 aromatic rings. The van der Waals surface area contributed by atoms with Crippen molar-refractivity contribution in [2.75, 3.05) is 12.3 Å². The summed E-state index contributed by atoms with van der Waals surface area (Å²) in [4.78, 5) is 27.0. The van der Waals surface area contributed by atoms with Gasteiger partial charge in [0.1, 0.15) is 5.56 Å². The lowest BCUT2D eigenvalue weighted by atomic mass is 10.0. The summed E-state index contributed by atoms with van der Waals surface area (Å²) < 4.78 is 1.40. The molecule has 1 amide bonds. The Bertz CT molecular complexity index is 1040. The Balaban J connectivity index is 1.84. The fourth-order valence-corrected chi connectivity index (χ4v) is 2.94. The minimum absolute atomic E-state index is 0.185. The van der Waals surface area contributed by atoms with E-state index < -0.39 is 4.92 Å². The van der Waals surface area contributed by atoms with E-state index in [1.54, 1.807) is 36.5 Å². The van der Waals surface area contributed by atoms with Crippen molar-refractivity contribution in [3.8, 4) is 16.9 Å². The van der Waals surface area contributed by atoms with E-state index in [2.05, 4.69) is 15.4 Å². The molecule has 9 nitrogen and oxygen atoms in total. The van der Waals surface area contributed by atoms with E-state index >= 15 is 0 Å². The number of hydrogen-bond acceptors (Lipinski definition) is 6. The standard InChI is InChI=1S/C17H14N6O3/c18-11-2-1-3-12(7-11)22-9-14(16(21-22)23(25)26)15-6-10-4-5-19-17(24)13(10)8-20-15/h1-3,6-9H,4-5,18H2,(H,19,24). The minimum Gasteiger partial charge on any atom is -0.399 e. The molecule has 2 aromatic heterocycles. The fourth-order valence-electron chi connectivity index (χ4n) is 2.94. The van der Waals surface area contributed by atoms with Crippen molar-refractivity contribution in [1.29, 1.82) is 0 Å². The van der Waals surface area contributed by atoms with Gasteiger partial charge < -0.3 is 21.2 Å². The maximum absolute atomic E-state index is 11.8. The van der Waals surface area contributed by atoms with Crippen molar-refractivity contribution in [3.05, 3.63) is 64.0 Å². The number of nitro groups is 1. The summed E-state index contributed by atoms with van der Waals surface area (Å²) in [5, 5.41) is 18.3. The fraction of sp³-hybridized carbons (Fsp3) is 0.118. The van der Waals surface area contributed by atoms with Crippen LogP contribution in [-0.4, -0.2) is 32.1 Å². The first kappa shape index (κ1) is 15.8. The molecule has 0 saturated heterocycles. The zero-order valence-corrected chi connectivity index (χ0v) is 13.5. The van der Waals surface area contributed by atoms with E-state index in [-0.39, 0.29) is 17.3 Å². The number of nitrogen functional groups attached to an aromatic ring is 1. The lowest BCUT2D eigenvalue weighted by molar-refractivity contribution is -0.389. The van der Waals surface area contributed by atoms with Gasteiger partial charge in [0.05, 0.1) is 28.2 Å². The van der Waals surface area contributed by atoms with Crippen molar-refractivity contribution >= 4 is 17.4 Å². The normalized spacial score (nSPS) is 13.2. The molecular formula is C17H14N6O3. The highest BCUT2D eigenvalue weighted by molar-refractivity contribution is 5.96. The minimum atomic E-state index is -0.550. The Kier molecular flexibility index (Phi) is 3.61. The predicted octanol–water partition coefficient (Wildman–Crippen LogP) is 1.71. The molecule has 0 atom stereocenters. The monoisotopic (exact) mass is 350 g/mol. The zero-order chi connectivity index (χ0) is 18.3. The summed E-state index contributed by atoms with van der Waals surface area (Å²) in [5.74, 6) is -0.490. The highest BCUT2D eigenvalue weighted by Crippen LogP contribution is 2.30. The van der Waals surface area contributed by atoms with Crippen molar-refractivity contribution in [3.63, 3.8) is 0 Å². The summed E-state index contributed by atoms with van der Waals surface area (Å²) in [6, 6.07) is 8.60. The number of amides is 1. The van der Waals surface area contributed by atoms with Crippen molar-refractivity contribution in [2.24, 2.45) is 0 Å². The summed E-state index contributed by atoms with van der Waals surface area (Å²) in [6.07, 6.45) is 3.64. The van der Waals surface area contributed by atoms with Crippen molar-refractivity contribution < 1.29 is 9.72 Å². The van der Waals surface area contributed by atoms with Gasteiger partial charge in [0.25, 0.3) is 5.91 Å². The van der Waals surface area contributed by atoms with Crippen LogP contribution in [0.5, 0.6) is 0 Å². The molecule has 3 heterocycles. The Morgan fingerprint density at radius 2 is 2.12 bits per heavy atom. The second kappa shape index (κ2) is 5.96. The van der Waals surface area contributed by atoms with E-state index in [4.69, 9.17) is 5.73 Å². The molecule has 0 unspecified atom stereocenters. The molecule has 0 aliphatic carbocycles. The number of rotatable bonds is 3. The van der Waals surface area contributed by atoms with E-state index in [0.717, 1.165) is 5.56 Å². The molecule has 9 heteroatoms. The first-order valence-corrected chi connectivity index (χ1v) is 7.90. The third-order valence-electron chi connectivity index (χ3n) is 4.19. The maximum atomic E-state index is 11.8. The number of carbonyl (C=O) groups excluding carboxylic acids is 1. The highest BCUT2D eigenvalue weighted by Gasteiger charge is 2.26. The van der Waals surface area contributed by atoms with Gasteiger partial charge in [0, 0.05) is 18.4 Å². The van der Waals surface area contributed by atoms with Gasteiger partial charge in [-0.05, 0) is 41.2 Å². The van der Waals surface area contributed by atoms with Gasteiger partial charge in [-0.1, -0.05) is 6.07 Å². The lowest BCUT2D eigenvalue weighted by Gasteiger charge is -2.16. The first-order valence-electron chi connectivity index (χ1n) is 7.90. The van der Waals surface area contributed by atoms with Crippen LogP contribution >= 0.6 is 0 Å². The number of nitrogens with two attached hydrogens (primary N) is 1. The molecule has 4 rings (SSSR count). The second-order valence-corrected chi connectivity index (χ2v) is 5.90. The van der Waals surface area contributed by atoms with E-state index in [1.807, 2.05) is 0 Å². The molecular weight excluding hydrogens is 336 g/mol. The molecule has 0 saturated carbocycles. The summed E-state index contributed by atoms with van der Waals surface area (Å²) in [5.41, 5.74) is 8.90. The number of aromatic nitrogens is 3. The van der Waals surface area contributed by atoms with Gasteiger partial charge in [-0.2, -0.15) is 0 Å². The SMILES string of the molecule is Nc1cccc(-n2cc(-c3cc4c(cn3)C(=O)NCC4)c([N+](=O)[O-])n2)c1. The van der Waals surface area contributed by atoms with Gasteiger partial charge in [0.2, 0.25) is 0 Å². The number of carbonyl (C=O) groups is 1. The van der Waals surface area contributed by atoms with E-state index in [9.17, 15) is 14.9 Å². The number of nitrogens with zero attached hydrogens (tertiary/aromatic N) is 4. The van der Waals surface area contributed by atoms with Gasteiger partial charge in [-0.15, -0.1) is 4.68 Å². The molecule has 1 aromatic carbocycles. The van der Waals surface area contributed by atoms with Crippen LogP contribution in [-0.2, 0) is 6.42 Å². The van der Waals surface area contributed by atoms with Crippen LogP contribution in [0.3, 0.4) is 0 Å². The Morgan fingerprint density at radius 3 is 2.88 bits per heavy atom.